The summed E-state index contributed by atoms with van der Waals surface area (Å²) < 4.78 is 18.4. The van der Waals surface area contributed by atoms with Gasteiger partial charge in [0.25, 0.3) is 11.8 Å². The van der Waals surface area contributed by atoms with Crippen molar-refractivity contribution in [3.63, 3.8) is 0 Å². The molecule has 9 heteroatoms. The zero-order valence-electron chi connectivity index (χ0n) is 16.4. The van der Waals surface area contributed by atoms with E-state index in [-0.39, 0.29) is 11.8 Å². The molecule has 0 aliphatic carbocycles. The molecule has 4 heterocycles. The molecule has 0 radical (unpaired) electrons. The lowest BCUT2D eigenvalue weighted by atomic mass is 10.0. The first-order valence-corrected chi connectivity index (χ1v) is 10.1. The standard InChI is InChI=1S/C19H28N4O5/c1-26-11-7-20-17(24)15-14-4-2-3-8-23(14)16(21-15)18(25)22-9-5-19(6-10-22)27-12-13-28-19/h2-13H2,1H3,(H,20,24). The Kier molecular flexibility index (Phi) is 5.65. The number of methoxy groups -OCH3 is 1. The Morgan fingerprint density at radius 1 is 1.18 bits per heavy atom. The fourth-order valence-electron chi connectivity index (χ4n) is 4.22. The highest BCUT2D eigenvalue weighted by molar-refractivity contribution is 5.97. The number of rotatable bonds is 5. The Labute approximate surface area is 164 Å². The van der Waals surface area contributed by atoms with Crippen LogP contribution in [0.3, 0.4) is 0 Å². The first-order chi connectivity index (χ1) is 13.6. The third kappa shape index (κ3) is 3.66. The monoisotopic (exact) mass is 392 g/mol. The van der Waals surface area contributed by atoms with E-state index in [9.17, 15) is 9.59 Å². The van der Waals surface area contributed by atoms with Gasteiger partial charge in [0.15, 0.2) is 11.6 Å². The maximum absolute atomic E-state index is 13.2. The predicted octanol–water partition coefficient (Wildman–Crippen LogP) is 0.575. The maximum atomic E-state index is 13.2. The van der Waals surface area contributed by atoms with Crippen molar-refractivity contribution >= 4 is 11.8 Å². The molecule has 1 spiro atoms. The number of nitrogens with zero attached hydrogens (tertiary/aromatic N) is 3. The average molecular weight is 392 g/mol. The summed E-state index contributed by atoms with van der Waals surface area (Å²) in [6.45, 7) is 3.93. The minimum Gasteiger partial charge on any atom is -0.383 e. The quantitative estimate of drug-likeness (QED) is 0.737. The summed E-state index contributed by atoms with van der Waals surface area (Å²) >= 11 is 0. The van der Waals surface area contributed by atoms with Gasteiger partial charge in [0.1, 0.15) is 5.69 Å². The molecule has 0 atom stereocenters. The lowest BCUT2D eigenvalue weighted by Crippen LogP contribution is -2.47. The van der Waals surface area contributed by atoms with Crippen molar-refractivity contribution < 1.29 is 23.8 Å². The van der Waals surface area contributed by atoms with Gasteiger partial charge in [0, 0.05) is 46.1 Å². The molecule has 0 saturated carbocycles. The van der Waals surface area contributed by atoms with Crippen LogP contribution in [0.25, 0.3) is 0 Å². The summed E-state index contributed by atoms with van der Waals surface area (Å²) in [6.07, 6.45) is 4.07. The Bertz CT molecular complexity index is 731. The van der Waals surface area contributed by atoms with Crippen LogP contribution in [0.1, 0.15) is 52.5 Å². The molecule has 9 nitrogen and oxygen atoms in total. The van der Waals surface area contributed by atoms with Crippen LogP contribution in [0.15, 0.2) is 0 Å². The summed E-state index contributed by atoms with van der Waals surface area (Å²) in [5.41, 5.74) is 1.23. The molecule has 1 aromatic heterocycles. The number of carbonyl (C=O) groups is 2. The van der Waals surface area contributed by atoms with Gasteiger partial charge in [-0.1, -0.05) is 0 Å². The van der Waals surface area contributed by atoms with Crippen molar-refractivity contribution in [1.29, 1.82) is 0 Å². The fourth-order valence-corrected chi connectivity index (χ4v) is 4.22. The summed E-state index contributed by atoms with van der Waals surface area (Å²) in [5.74, 6) is -0.510. The fraction of sp³-hybridized carbons (Fsp3) is 0.737. The molecule has 28 heavy (non-hydrogen) atoms. The van der Waals surface area contributed by atoms with Crippen molar-refractivity contribution in [2.45, 2.75) is 44.4 Å². The SMILES string of the molecule is COCCNC(=O)c1nc(C(=O)N2CCC3(CC2)OCCO3)n2c1CCCC2. The van der Waals surface area contributed by atoms with Gasteiger partial charge in [-0.2, -0.15) is 0 Å². The number of aromatic nitrogens is 2. The molecular formula is C19H28N4O5. The van der Waals surface area contributed by atoms with Gasteiger partial charge in [-0.05, 0) is 19.3 Å². The summed E-state index contributed by atoms with van der Waals surface area (Å²) in [5, 5.41) is 2.82. The number of hydrogen-bond acceptors (Lipinski definition) is 6. The second kappa shape index (κ2) is 8.18. The lowest BCUT2D eigenvalue weighted by molar-refractivity contribution is -0.181. The molecule has 3 aliphatic rings. The molecule has 2 amide bonds. The van der Waals surface area contributed by atoms with Crippen LogP contribution < -0.4 is 5.32 Å². The van der Waals surface area contributed by atoms with E-state index in [2.05, 4.69) is 10.3 Å². The van der Waals surface area contributed by atoms with Crippen molar-refractivity contribution in [2.75, 3.05) is 46.6 Å². The summed E-state index contributed by atoms with van der Waals surface area (Å²) in [7, 11) is 1.59. The van der Waals surface area contributed by atoms with E-state index in [0.717, 1.165) is 31.5 Å². The Morgan fingerprint density at radius 2 is 1.93 bits per heavy atom. The van der Waals surface area contributed by atoms with Crippen molar-refractivity contribution in [3.05, 3.63) is 17.2 Å². The molecule has 2 fully saturated rings. The van der Waals surface area contributed by atoms with Crippen LogP contribution in [-0.2, 0) is 27.2 Å². The van der Waals surface area contributed by atoms with Gasteiger partial charge in [0.05, 0.1) is 25.5 Å². The van der Waals surface area contributed by atoms with Gasteiger partial charge in [-0.15, -0.1) is 0 Å². The van der Waals surface area contributed by atoms with E-state index in [1.165, 1.54) is 0 Å². The number of hydrogen-bond donors (Lipinski definition) is 1. The van der Waals surface area contributed by atoms with E-state index in [4.69, 9.17) is 14.2 Å². The highest BCUT2D eigenvalue weighted by atomic mass is 16.7. The molecule has 4 rings (SSSR count). The molecule has 0 bridgehead atoms. The van der Waals surface area contributed by atoms with E-state index < -0.39 is 5.79 Å². The van der Waals surface area contributed by atoms with Crippen LogP contribution in [-0.4, -0.2) is 78.6 Å². The van der Waals surface area contributed by atoms with Gasteiger partial charge in [-0.25, -0.2) is 4.98 Å². The lowest BCUT2D eigenvalue weighted by Gasteiger charge is -2.37. The first kappa shape index (κ1) is 19.4. The Balaban J connectivity index is 1.50. The van der Waals surface area contributed by atoms with Gasteiger partial charge >= 0.3 is 0 Å². The smallest absolute Gasteiger partial charge is 0.289 e. The zero-order chi connectivity index (χ0) is 19.6. The number of fused-ring (bicyclic) bond motifs is 1. The summed E-state index contributed by atoms with van der Waals surface area (Å²) in [4.78, 5) is 32.0. The largest absolute Gasteiger partial charge is 0.383 e. The predicted molar refractivity (Wildman–Crippen MR) is 99.1 cm³/mol. The topological polar surface area (TPSA) is 94.9 Å². The van der Waals surface area contributed by atoms with E-state index in [0.29, 0.717) is 63.8 Å². The van der Waals surface area contributed by atoms with Crippen LogP contribution in [0.4, 0.5) is 0 Å². The van der Waals surface area contributed by atoms with Crippen molar-refractivity contribution in [1.82, 2.24) is 19.8 Å². The second-order valence-corrected chi connectivity index (χ2v) is 7.49. The minimum atomic E-state index is -0.519. The van der Waals surface area contributed by atoms with Crippen molar-refractivity contribution in [3.8, 4) is 0 Å². The maximum Gasteiger partial charge on any atom is 0.289 e. The van der Waals surface area contributed by atoms with Crippen molar-refractivity contribution in [2.24, 2.45) is 0 Å². The van der Waals surface area contributed by atoms with Gasteiger partial charge in [0.2, 0.25) is 0 Å². The molecular weight excluding hydrogens is 364 g/mol. The molecule has 0 unspecified atom stereocenters. The normalized spacial score (nSPS) is 21.0. The van der Waals surface area contributed by atoms with E-state index in [1.807, 2.05) is 4.57 Å². The van der Waals surface area contributed by atoms with E-state index >= 15 is 0 Å². The first-order valence-electron chi connectivity index (χ1n) is 10.1. The van der Waals surface area contributed by atoms with Crippen LogP contribution in [0.5, 0.6) is 0 Å². The molecule has 154 valence electrons. The van der Waals surface area contributed by atoms with E-state index in [1.54, 1.807) is 12.0 Å². The third-order valence-corrected chi connectivity index (χ3v) is 5.74. The molecule has 0 aromatic carbocycles. The zero-order valence-corrected chi connectivity index (χ0v) is 16.4. The average Bonchev–Trinajstić information content (AvgIpc) is 3.33. The van der Waals surface area contributed by atoms with Gasteiger partial charge < -0.3 is 29.0 Å². The Morgan fingerprint density at radius 3 is 2.64 bits per heavy atom. The van der Waals surface area contributed by atoms with Crippen LogP contribution >= 0.6 is 0 Å². The summed E-state index contributed by atoms with van der Waals surface area (Å²) in [6, 6.07) is 0. The number of nitrogens with one attached hydrogen (secondary N) is 1. The Hall–Kier alpha value is -1.97. The van der Waals surface area contributed by atoms with Crippen LogP contribution in [0.2, 0.25) is 0 Å². The number of ether oxygens (including phenoxy) is 3. The highest BCUT2D eigenvalue weighted by Gasteiger charge is 2.41. The highest BCUT2D eigenvalue weighted by Crippen LogP contribution is 2.32. The van der Waals surface area contributed by atoms with Crippen LogP contribution in [0, 0.1) is 0 Å². The number of piperidine rings is 1. The molecule has 2 saturated heterocycles. The molecule has 1 aromatic rings. The molecule has 3 aliphatic heterocycles. The minimum absolute atomic E-state index is 0.119. The molecule has 1 N–H and O–H groups in total. The number of carbonyl (C=O) groups excluding carboxylic acids is 2. The second-order valence-electron chi connectivity index (χ2n) is 7.49. The number of likely N-dealkylation sites (tertiary alicyclic amines) is 1. The third-order valence-electron chi connectivity index (χ3n) is 5.74. The number of imidazole rings is 1. The van der Waals surface area contributed by atoms with Gasteiger partial charge in [-0.3, -0.25) is 9.59 Å². The number of amides is 2.